The molecule has 35 heavy (non-hydrogen) atoms. The first kappa shape index (κ1) is 26.9. The molecule has 1 aliphatic heterocycles. The zero-order valence-electron chi connectivity index (χ0n) is 21.6. The second-order valence-corrected chi connectivity index (χ2v) is 10.4. The van der Waals surface area contributed by atoms with Crippen molar-refractivity contribution in [1.82, 2.24) is 0 Å². The van der Waals surface area contributed by atoms with Gasteiger partial charge in [0.05, 0.1) is 12.0 Å². The van der Waals surface area contributed by atoms with Crippen LogP contribution in [0.25, 0.3) is 0 Å². The number of aliphatic hydroxyl groups excluding tert-OH is 1. The number of hydrogen-bond acceptors (Lipinski definition) is 4. The van der Waals surface area contributed by atoms with E-state index in [9.17, 15) is 14.7 Å². The molecule has 0 radical (unpaired) electrons. The van der Waals surface area contributed by atoms with Gasteiger partial charge in [-0.1, -0.05) is 76.6 Å². The van der Waals surface area contributed by atoms with E-state index in [1.807, 2.05) is 63.2 Å². The number of nitrogens with one attached hydrogen (secondary N) is 1. The number of cyclic esters (lactones) is 1. The molecule has 2 N–H and O–H groups in total. The molecule has 4 atom stereocenters. The van der Waals surface area contributed by atoms with Crippen molar-refractivity contribution in [1.29, 1.82) is 0 Å². The summed E-state index contributed by atoms with van der Waals surface area (Å²) in [6.07, 6.45) is 3.95. The third-order valence-corrected chi connectivity index (χ3v) is 7.07. The third kappa shape index (κ3) is 7.17. The Labute approximate surface area is 210 Å². The molecule has 1 heterocycles. The number of amides is 1. The highest BCUT2D eigenvalue weighted by atomic mass is 16.6. The van der Waals surface area contributed by atoms with E-state index in [2.05, 4.69) is 24.4 Å². The predicted molar refractivity (Wildman–Crippen MR) is 140 cm³/mol. The Morgan fingerprint density at radius 3 is 2.49 bits per heavy atom. The van der Waals surface area contributed by atoms with Crippen LogP contribution >= 0.6 is 0 Å². The largest absolute Gasteiger partial charge is 0.459 e. The van der Waals surface area contributed by atoms with Crippen LogP contribution in [0.1, 0.15) is 83.3 Å². The summed E-state index contributed by atoms with van der Waals surface area (Å²) in [6, 6.07) is 17.9. The monoisotopic (exact) mass is 479 g/mol. The molecule has 5 nitrogen and oxygen atoms in total. The fraction of sp³-hybridized carbons (Fsp3) is 0.533. The number of anilines is 1. The maximum Gasteiger partial charge on any atom is 0.312 e. The van der Waals surface area contributed by atoms with Gasteiger partial charge < -0.3 is 15.2 Å². The Kier molecular flexibility index (Phi) is 9.50. The van der Waals surface area contributed by atoms with E-state index in [0.29, 0.717) is 31.4 Å². The molecule has 0 aliphatic carbocycles. The lowest BCUT2D eigenvalue weighted by Crippen LogP contribution is -2.51. The number of aryl methyl sites for hydroxylation is 1. The summed E-state index contributed by atoms with van der Waals surface area (Å²) in [5.74, 6) is -0.869. The minimum atomic E-state index is -0.775. The molecule has 2 aromatic rings. The molecule has 190 valence electrons. The number of benzene rings is 2. The Bertz CT molecular complexity index is 973. The maximum atomic E-state index is 13.4. The van der Waals surface area contributed by atoms with Crippen LogP contribution in [-0.4, -0.2) is 28.7 Å². The van der Waals surface area contributed by atoms with E-state index in [1.54, 1.807) is 0 Å². The maximum absolute atomic E-state index is 13.4. The van der Waals surface area contributed by atoms with Crippen molar-refractivity contribution in [3.05, 3.63) is 65.7 Å². The molecule has 0 saturated carbocycles. The molecule has 3 rings (SSSR count). The second-order valence-electron chi connectivity index (χ2n) is 10.4. The van der Waals surface area contributed by atoms with Crippen LogP contribution in [0.3, 0.4) is 0 Å². The fourth-order valence-corrected chi connectivity index (χ4v) is 5.45. The van der Waals surface area contributed by atoms with Crippen molar-refractivity contribution in [2.75, 3.05) is 5.32 Å². The fourth-order valence-electron chi connectivity index (χ4n) is 5.45. The molecule has 1 saturated heterocycles. The molecule has 2 aromatic carbocycles. The van der Waals surface area contributed by atoms with Crippen molar-refractivity contribution in [3.63, 3.8) is 0 Å². The number of ether oxygens (including phenoxy) is 1. The van der Waals surface area contributed by atoms with Crippen LogP contribution < -0.4 is 5.32 Å². The van der Waals surface area contributed by atoms with Crippen molar-refractivity contribution < 1.29 is 19.4 Å². The Balaban J connectivity index is 1.76. The van der Waals surface area contributed by atoms with Gasteiger partial charge in [0.1, 0.15) is 5.60 Å². The van der Waals surface area contributed by atoms with Gasteiger partial charge in [0.2, 0.25) is 5.91 Å². The first-order chi connectivity index (χ1) is 16.8. The van der Waals surface area contributed by atoms with Crippen molar-refractivity contribution in [2.45, 2.75) is 90.3 Å². The average molecular weight is 480 g/mol. The van der Waals surface area contributed by atoms with Crippen LogP contribution in [0.4, 0.5) is 5.69 Å². The smallest absolute Gasteiger partial charge is 0.312 e. The van der Waals surface area contributed by atoms with Gasteiger partial charge in [0, 0.05) is 18.5 Å². The van der Waals surface area contributed by atoms with E-state index >= 15 is 0 Å². The minimum Gasteiger partial charge on any atom is -0.459 e. The van der Waals surface area contributed by atoms with E-state index in [0.717, 1.165) is 24.8 Å². The molecular weight excluding hydrogens is 438 g/mol. The molecule has 2 unspecified atom stereocenters. The van der Waals surface area contributed by atoms with Gasteiger partial charge in [-0.05, 0) is 60.8 Å². The second kappa shape index (κ2) is 12.3. The van der Waals surface area contributed by atoms with Gasteiger partial charge in [-0.25, -0.2) is 0 Å². The summed E-state index contributed by atoms with van der Waals surface area (Å²) >= 11 is 0. The van der Waals surface area contributed by atoms with Crippen molar-refractivity contribution in [3.8, 4) is 0 Å². The summed E-state index contributed by atoms with van der Waals surface area (Å²) in [6.45, 7) is 8.14. The van der Waals surface area contributed by atoms with Crippen LogP contribution in [0, 0.1) is 11.8 Å². The van der Waals surface area contributed by atoms with Crippen LogP contribution in [0.2, 0.25) is 0 Å². The minimum absolute atomic E-state index is 0.0231. The van der Waals surface area contributed by atoms with Gasteiger partial charge in [-0.2, -0.15) is 0 Å². The highest BCUT2D eigenvalue weighted by Crippen LogP contribution is 2.43. The van der Waals surface area contributed by atoms with Crippen LogP contribution in [0.5, 0.6) is 0 Å². The molecule has 1 aliphatic rings. The standard InChI is InChI=1S/C30H41NO4/c1-5-16-30(17-15-22-11-8-7-9-12-22)20-26(32)28(29(34)35-30)25(6-2)23-13-10-14-24(19-23)31-27(33)18-21(3)4/h7-14,19,21,25-26,28,32H,5-6,15-18,20H2,1-4H3,(H,31,33)/t25-,26?,28?,30-/m1/s1. The first-order valence-electron chi connectivity index (χ1n) is 13.1. The quantitative estimate of drug-likeness (QED) is 0.373. The summed E-state index contributed by atoms with van der Waals surface area (Å²) in [4.78, 5) is 25.7. The highest BCUT2D eigenvalue weighted by molar-refractivity contribution is 5.90. The number of aliphatic hydroxyl groups is 1. The van der Waals surface area contributed by atoms with Gasteiger partial charge in [0.25, 0.3) is 0 Å². The molecular formula is C30H41NO4. The van der Waals surface area contributed by atoms with E-state index < -0.39 is 17.6 Å². The third-order valence-electron chi connectivity index (χ3n) is 7.07. The number of rotatable bonds is 11. The zero-order valence-corrected chi connectivity index (χ0v) is 21.6. The van der Waals surface area contributed by atoms with Gasteiger partial charge in [-0.3, -0.25) is 9.59 Å². The summed E-state index contributed by atoms with van der Waals surface area (Å²) in [7, 11) is 0. The van der Waals surface area contributed by atoms with E-state index in [4.69, 9.17) is 4.74 Å². The number of esters is 1. The first-order valence-corrected chi connectivity index (χ1v) is 13.1. The molecule has 1 amide bonds. The molecule has 5 heteroatoms. The Hall–Kier alpha value is -2.66. The van der Waals surface area contributed by atoms with Crippen molar-refractivity contribution in [2.24, 2.45) is 11.8 Å². The summed E-state index contributed by atoms with van der Waals surface area (Å²) in [5, 5.41) is 14.3. The highest BCUT2D eigenvalue weighted by Gasteiger charge is 2.48. The number of carbonyl (C=O) groups excluding carboxylic acids is 2. The van der Waals surface area contributed by atoms with Crippen LogP contribution in [0.15, 0.2) is 54.6 Å². The lowest BCUT2D eigenvalue weighted by Gasteiger charge is -2.44. The lowest BCUT2D eigenvalue weighted by atomic mass is 9.73. The van der Waals surface area contributed by atoms with E-state index in [-0.39, 0.29) is 23.7 Å². The van der Waals surface area contributed by atoms with Crippen molar-refractivity contribution >= 4 is 17.6 Å². The summed E-state index contributed by atoms with van der Waals surface area (Å²) in [5.41, 5.74) is 2.22. The lowest BCUT2D eigenvalue weighted by molar-refractivity contribution is -0.191. The number of carbonyl (C=O) groups is 2. The van der Waals surface area contributed by atoms with Gasteiger partial charge in [0.15, 0.2) is 0 Å². The predicted octanol–water partition coefficient (Wildman–Crippen LogP) is 6.26. The zero-order chi connectivity index (χ0) is 25.4. The Morgan fingerprint density at radius 2 is 1.86 bits per heavy atom. The molecule has 0 bridgehead atoms. The summed E-state index contributed by atoms with van der Waals surface area (Å²) < 4.78 is 6.19. The topological polar surface area (TPSA) is 75.6 Å². The molecule has 0 aromatic heterocycles. The molecule has 1 fully saturated rings. The van der Waals surface area contributed by atoms with Gasteiger partial charge in [-0.15, -0.1) is 0 Å². The molecule has 0 spiro atoms. The van der Waals surface area contributed by atoms with E-state index in [1.165, 1.54) is 5.56 Å². The average Bonchev–Trinajstić information content (AvgIpc) is 2.80. The Morgan fingerprint density at radius 1 is 1.11 bits per heavy atom. The van der Waals surface area contributed by atoms with Gasteiger partial charge >= 0.3 is 5.97 Å². The van der Waals surface area contributed by atoms with Crippen LogP contribution in [-0.2, 0) is 20.7 Å². The number of hydrogen-bond donors (Lipinski definition) is 2. The normalized spacial score (nSPS) is 23.1. The SMILES string of the molecule is CCC[C@@]1(CCc2ccccc2)CC(O)C([C@H](CC)c2cccc(NC(=O)CC(C)C)c2)C(=O)O1.